The number of allylic oxidation sites excluding steroid dienone is 1. The first-order valence-corrected chi connectivity index (χ1v) is 5.54. The van der Waals surface area contributed by atoms with Crippen LogP contribution in [0.3, 0.4) is 0 Å². The third kappa shape index (κ3) is 1.69. The molecule has 1 nitrogen and oxygen atoms in total. The smallest absolute Gasteiger partial charge is 0.0498 e. The van der Waals surface area contributed by atoms with Crippen LogP contribution in [0.1, 0.15) is 6.92 Å². The van der Waals surface area contributed by atoms with Gasteiger partial charge < -0.3 is 0 Å². The molecule has 1 aliphatic heterocycles. The molecule has 50 valence electrons. The van der Waals surface area contributed by atoms with E-state index in [1.165, 1.54) is 4.91 Å². The largest absolute Gasteiger partial charge is 0.224 e. The molecule has 0 aromatic heterocycles. The minimum Gasteiger partial charge on any atom is -0.224 e. The fraction of sp³-hybridized carbons (Fsp3) is 0.333. The molecule has 1 rings (SSSR count). The molecule has 0 bridgehead atoms. The molecular formula is C6H9NS2. The zero-order chi connectivity index (χ0) is 6.85. The van der Waals surface area contributed by atoms with Gasteiger partial charge >= 0.3 is 0 Å². The van der Waals surface area contributed by atoms with Crippen LogP contribution in [0.25, 0.3) is 0 Å². The SMILES string of the molecule is C=C(C)C1=CN=S(C)S1. The quantitative estimate of drug-likeness (QED) is 0.535. The van der Waals surface area contributed by atoms with E-state index in [4.69, 9.17) is 0 Å². The molecule has 9 heavy (non-hydrogen) atoms. The van der Waals surface area contributed by atoms with Crippen molar-refractivity contribution in [3.63, 3.8) is 0 Å². The molecule has 0 aromatic rings. The Bertz CT molecular complexity index is 203. The Kier molecular flexibility index (Phi) is 2.13. The van der Waals surface area contributed by atoms with Crippen LogP contribution in [0.2, 0.25) is 0 Å². The first-order valence-electron chi connectivity index (χ1n) is 2.61. The minimum absolute atomic E-state index is 0.165. The van der Waals surface area contributed by atoms with Crippen molar-refractivity contribution in [1.29, 1.82) is 0 Å². The lowest BCUT2D eigenvalue weighted by molar-refractivity contribution is 1.50. The fourth-order valence-corrected chi connectivity index (χ4v) is 2.93. The third-order valence-electron chi connectivity index (χ3n) is 0.949. The maximum Gasteiger partial charge on any atom is 0.0498 e. The number of hydrogen-bond acceptors (Lipinski definition) is 2. The van der Waals surface area contributed by atoms with E-state index in [2.05, 4.69) is 17.2 Å². The molecule has 0 aliphatic carbocycles. The van der Waals surface area contributed by atoms with Crippen molar-refractivity contribution < 1.29 is 0 Å². The average molecular weight is 159 g/mol. The van der Waals surface area contributed by atoms with Crippen molar-refractivity contribution in [2.75, 3.05) is 6.26 Å². The summed E-state index contributed by atoms with van der Waals surface area (Å²) in [6.45, 7) is 5.84. The zero-order valence-electron chi connectivity index (χ0n) is 5.55. The van der Waals surface area contributed by atoms with Crippen LogP contribution in [0.15, 0.2) is 27.6 Å². The molecule has 0 spiro atoms. The Morgan fingerprint density at radius 3 is 2.78 bits per heavy atom. The topological polar surface area (TPSA) is 12.4 Å². The summed E-state index contributed by atoms with van der Waals surface area (Å²) in [7, 11) is 1.96. The second-order valence-corrected chi connectivity index (χ2v) is 5.50. The van der Waals surface area contributed by atoms with Gasteiger partial charge in [-0.25, -0.2) is 4.36 Å². The molecule has 0 N–H and O–H groups in total. The highest BCUT2D eigenvalue weighted by atomic mass is 33.1. The summed E-state index contributed by atoms with van der Waals surface area (Å²) in [5, 5.41) is 0. The van der Waals surface area contributed by atoms with Crippen molar-refractivity contribution in [1.82, 2.24) is 0 Å². The lowest BCUT2D eigenvalue weighted by Crippen LogP contribution is -1.73. The highest BCUT2D eigenvalue weighted by Gasteiger charge is 2.05. The van der Waals surface area contributed by atoms with Gasteiger partial charge in [0.25, 0.3) is 0 Å². The van der Waals surface area contributed by atoms with E-state index in [0.29, 0.717) is 0 Å². The zero-order valence-corrected chi connectivity index (χ0v) is 7.18. The summed E-state index contributed by atoms with van der Waals surface area (Å²) in [6, 6.07) is 0. The van der Waals surface area contributed by atoms with E-state index in [0.717, 1.165) is 5.57 Å². The Morgan fingerprint density at radius 1 is 1.89 bits per heavy atom. The Balaban J connectivity index is 2.64. The number of rotatable bonds is 1. The van der Waals surface area contributed by atoms with Crippen molar-refractivity contribution in [3.05, 3.63) is 23.3 Å². The molecule has 1 heterocycles. The van der Waals surface area contributed by atoms with Gasteiger partial charge in [-0.1, -0.05) is 6.58 Å². The van der Waals surface area contributed by atoms with Crippen LogP contribution in [-0.2, 0) is 9.72 Å². The van der Waals surface area contributed by atoms with Gasteiger partial charge in [-0.3, -0.25) is 0 Å². The van der Waals surface area contributed by atoms with Gasteiger partial charge in [0.1, 0.15) is 0 Å². The maximum absolute atomic E-state index is 4.21. The molecular weight excluding hydrogens is 150 g/mol. The Hall–Kier alpha value is -0.0200. The monoisotopic (exact) mass is 159 g/mol. The van der Waals surface area contributed by atoms with E-state index < -0.39 is 0 Å². The molecule has 1 atom stereocenters. The maximum atomic E-state index is 4.21. The van der Waals surface area contributed by atoms with Gasteiger partial charge in [0, 0.05) is 17.4 Å². The summed E-state index contributed by atoms with van der Waals surface area (Å²) in [5.74, 6) is 0. The van der Waals surface area contributed by atoms with Crippen LogP contribution in [0.5, 0.6) is 0 Å². The molecule has 0 aromatic carbocycles. The second-order valence-electron chi connectivity index (χ2n) is 1.89. The molecule has 0 amide bonds. The predicted octanol–water partition coefficient (Wildman–Crippen LogP) is 2.50. The first kappa shape index (κ1) is 7.09. The highest BCUT2D eigenvalue weighted by molar-refractivity contribution is 8.71. The third-order valence-corrected chi connectivity index (χ3v) is 3.75. The standard InChI is InChI=1S/C6H9NS2/c1-5(2)6-4-7-9(3)8-6/h4H,1H2,2-3H3. The number of nitrogens with zero attached hydrogens (tertiary/aromatic N) is 1. The van der Waals surface area contributed by atoms with Crippen LogP contribution in [-0.4, -0.2) is 6.26 Å². The summed E-state index contributed by atoms with van der Waals surface area (Å²) >= 11 is 0. The summed E-state index contributed by atoms with van der Waals surface area (Å²) in [6.07, 6.45) is 4.02. The molecule has 0 saturated carbocycles. The average Bonchev–Trinajstić information content (AvgIpc) is 2.14. The molecule has 0 fully saturated rings. The Morgan fingerprint density at radius 2 is 2.56 bits per heavy atom. The van der Waals surface area contributed by atoms with Crippen molar-refractivity contribution in [2.24, 2.45) is 4.36 Å². The molecule has 1 unspecified atom stereocenters. The summed E-state index contributed by atoms with van der Waals surface area (Å²) in [4.78, 5) is 1.24. The lowest BCUT2D eigenvalue weighted by atomic mass is 10.3. The van der Waals surface area contributed by atoms with E-state index >= 15 is 0 Å². The van der Waals surface area contributed by atoms with E-state index in [1.807, 2.05) is 13.1 Å². The van der Waals surface area contributed by atoms with Gasteiger partial charge in [-0.05, 0) is 33.0 Å². The van der Waals surface area contributed by atoms with Crippen LogP contribution in [0.4, 0.5) is 0 Å². The van der Waals surface area contributed by atoms with E-state index in [9.17, 15) is 0 Å². The van der Waals surface area contributed by atoms with Gasteiger partial charge in [0.15, 0.2) is 0 Å². The van der Waals surface area contributed by atoms with Crippen LogP contribution < -0.4 is 0 Å². The molecule has 0 saturated heterocycles. The highest BCUT2D eigenvalue weighted by Crippen LogP contribution is 2.31. The van der Waals surface area contributed by atoms with Crippen LogP contribution in [0, 0.1) is 0 Å². The second kappa shape index (κ2) is 2.71. The van der Waals surface area contributed by atoms with Gasteiger partial charge in [-0.2, -0.15) is 0 Å². The Labute approximate surface area is 61.7 Å². The van der Waals surface area contributed by atoms with E-state index in [-0.39, 0.29) is 9.72 Å². The first-order chi connectivity index (χ1) is 4.20. The number of hydrogen-bond donors (Lipinski definition) is 0. The van der Waals surface area contributed by atoms with Crippen LogP contribution >= 0.6 is 10.8 Å². The van der Waals surface area contributed by atoms with Crippen molar-refractivity contribution in [3.8, 4) is 0 Å². The van der Waals surface area contributed by atoms with Gasteiger partial charge in [0.05, 0.1) is 0 Å². The molecule has 1 aliphatic rings. The lowest BCUT2D eigenvalue weighted by Gasteiger charge is -1.95. The van der Waals surface area contributed by atoms with E-state index in [1.54, 1.807) is 10.8 Å². The normalized spacial score (nSPS) is 25.1. The molecule has 0 radical (unpaired) electrons. The van der Waals surface area contributed by atoms with Gasteiger partial charge in [0.2, 0.25) is 0 Å². The summed E-state index contributed by atoms with van der Waals surface area (Å²) < 4.78 is 4.21. The van der Waals surface area contributed by atoms with Crippen molar-refractivity contribution >= 4 is 20.5 Å². The van der Waals surface area contributed by atoms with Crippen molar-refractivity contribution in [2.45, 2.75) is 6.92 Å². The minimum atomic E-state index is 0.165. The summed E-state index contributed by atoms with van der Waals surface area (Å²) in [5.41, 5.74) is 1.13. The van der Waals surface area contributed by atoms with Gasteiger partial charge in [-0.15, -0.1) is 0 Å². The predicted molar refractivity (Wildman–Crippen MR) is 46.2 cm³/mol. The molecule has 3 heteroatoms. The fourth-order valence-electron chi connectivity index (χ4n) is 0.476.